The van der Waals surface area contributed by atoms with Crippen molar-refractivity contribution in [1.29, 1.82) is 0 Å². The first-order valence-electron chi connectivity index (χ1n) is 5.57. The lowest BCUT2D eigenvalue weighted by atomic mass is 10.2. The molecule has 1 aliphatic heterocycles. The molecule has 0 N–H and O–H groups in total. The molecule has 0 unspecified atom stereocenters. The van der Waals surface area contributed by atoms with Crippen LogP contribution in [0.3, 0.4) is 0 Å². The van der Waals surface area contributed by atoms with Gasteiger partial charge in [-0.2, -0.15) is 13.2 Å². The molecule has 1 aromatic rings. The van der Waals surface area contributed by atoms with E-state index in [1.54, 1.807) is 12.1 Å². The van der Waals surface area contributed by atoms with Crippen LogP contribution in [0.4, 0.5) is 18.9 Å². The average molecular weight is 289 g/mol. The zero-order valence-corrected chi connectivity index (χ0v) is 10.6. The number of nitrogens with zero attached hydrogens (tertiary/aromatic N) is 1. The lowest BCUT2D eigenvalue weighted by molar-refractivity contribution is -0.171. The molecule has 19 heavy (non-hydrogen) atoms. The number of rotatable bonds is 0. The van der Waals surface area contributed by atoms with Gasteiger partial charge in [-0.25, -0.2) is 4.90 Å². The number of amides is 2. The summed E-state index contributed by atoms with van der Waals surface area (Å²) in [5.41, 5.74) is 0.0134. The maximum atomic E-state index is 12.6. The highest BCUT2D eigenvalue weighted by molar-refractivity contribution is 7.99. The van der Waals surface area contributed by atoms with Crippen molar-refractivity contribution in [3.05, 3.63) is 24.3 Å². The van der Waals surface area contributed by atoms with E-state index in [0.717, 1.165) is 0 Å². The van der Waals surface area contributed by atoms with E-state index in [1.165, 1.54) is 23.9 Å². The van der Waals surface area contributed by atoms with Crippen LogP contribution < -0.4 is 4.90 Å². The average Bonchev–Trinajstić information content (AvgIpc) is 2.33. The Hall–Kier alpha value is -1.50. The van der Waals surface area contributed by atoms with Gasteiger partial charge in [0, 0.05) is 11.3 Å². The minimum atomic E-state index is -5.06. The first kappa shape index (κ1) is 13.9. The Morgan fingerprint density at radius 1 is 1.26 bits per heavy atom. The molecular weight excluding hydrogens is 279 g/mol. The van der Waals surface area contributed by atoms with Gasteiger partial charge in [0.15, 0.2) is 0 Å². The van der Waals surface area contributed by atoms with Crippen LogP contribution >= 0.6 is 11.8 Å². The normalized spacial score (nSPS) is 16.6. The van der Waals surface area contributed by atoms with Crippen molar-refractivity contribution in [3.63, 3.8) is 0 Å². The van der Waals surface area contributed by atoms with Crippen LogP contribution in [0.25, 0.3) is 0 Å². The van der Waals surface area contributed by atoms with E-state index in [1.807, 2.05) is 0 Å². The molecule has 0 radical (unpaired) electrons. The summed E-state index contributed by atoms with van der Waals surface area (Å²) in [4.78, 5) is 24.0. The van der Waals surface area contributed by atoms with Crippen molar-refractivity contribution in [2.24, 2.45) is 0 Å². The van der Waals surface area contributed by atoms with E-state index in [0.29, 0.717) is 17.1 Å². The number of hydrogen-bond acceptors (Lipinski definition) is 3. The number of benzene rings is 1. The van der Waals surface area contributed by atoms with Crippen LogP contribution in [0, 0.1) is 0 Å². The van der Waals surface area contributed by atoms with E-state index in [-0.39, 0.29) is 17.0 Å². The zero-order chi connectivity index (χ0) is 14.0. The fourth-order valence-electron chi connectivity index (χ4n) is 1.77. The summed E-state index contributed by atoms with van der Waals surface area (Å²) >= 11 is 1.34. The van der Waals surface area contributed by atoms with Crippen LogP contribution in [0.2, 0.25) is 0 Å². The number of thioether (sulfide) groups is 1. The number of fused-ring (bicyclic) bond motifs is 1. The highest BCUT2D eigenvalue weighted by Gasteiger charge is 2.46. The Labute approximate surface area is 111 Å². The van der Waals surface area contributed by atoms with E-state index in [9.17, 15) is 22.8 Å². The molecule has 102 valence electrons. The summed E-state index contributed by atoms with van der Waals surface area (Å²) in [6.45, 7) is 0. The Morgan fingerprint density at radius 3 is 2.63 bits per heavy atom. The molecule has 2 rings (SSSR count). The maximum Gasteiger partial charge on any atom is 0.472 e. The molecule has 0 bridgehead atoms. The van der Waals surface area contributed by atoms with Crippen molar-refractivity contribution in [2.45, 2.75) is 23.9 Å². The number of para-hydroxylation sites is 1. The minimum Gasteiger partial charge on any atom is -0.274 e. The van der Waals surface area contributed by atoms with Crippen LogP contribution in [0.15, 0.2) is 29.2 Å². The molecule has 3 nitrogen and oxygen atoms in total. The van der Waals surface area contributed by atoms with Crippen LogP contribution in [0.5, 0.6) is 0 Å². The first-order valence-corrected chi connectivity index (χ1v) is 6.56. The summed E-state index contributed by atoms with van der Waals surface area (Å²) in [7, 11) is 0. The number of imide groups is 1. The third-order valence-corrected chi connectivity index (χ3v) is 3.74. The largest absolute Gasteiger partial charge is 0.472 e. The van der Waals surface area contributed by atoms with E-state index < -0.39 is 18.0 Å². The number of carbonyl (C=O) groups is 2. The second kappa shape index (κ2) is 5.24. The van der Waals surface area contributed by atoms with Gasteiger partial charge in [0.25, 0.3) is 0 Å². The number of halogens is 3. The lowest BCUT2D eigenvalue weighted by Gasteiger charge is -2.25. The van der Waals surface area contributed by atoms with Crippen molar-refractivity contribution < 1.29 is 22.8 Å². The number of anilines is 1. The summed E-state index contributed by atoms with van der Waals surface area (Å²) in [6, 6.07) is 6.13. The Kier molecular flexibility index (Phi) is 3.84. The highest BCUT2D eigenvalue weighted by Crippen LogP contribution is 2.35. The van der Waals surface area contributed by atoms with E-state index in [2.05, 4.69) is 0 Å². The minimum absolute atomic E-state index is 0.0134. The standard InChI is InChI=1S/C12H10F3NO2S/c13-12(14,15)11(18)16-8-4-1-2-5-9(8)19-7-3-6-10(16)17/h1-2,4-5H,3,6-7H2. The molecule has 0 saturated heterocycles. The molecular formula is C12H10F3NO2S. The molecule has 1 aromatic carbocycles. The fourth-order valence-corrected chi connectivity index (χ4v) is 2.76. The quantitative estimate of drug-likeness (QED) is 0.737. The van der Waals surface area contributed by atoms with E-state index >= 15 is 0 Å². The topological polar surface area (TPSA) is 37.4 Å². The van der Waals surface area contributed by atoms with Gasteiger partial charge in [0.1, 0.15) is 0 Å². The van der Waals surface area contributed by atoms with Crippen LogP contribution in [-0.2, 0) is 9.59 Å². The van der Waals surface area contributed by atoms with Crippen molar-refractivity contribution in [2.75, 3.05) is 10.7 Å². The van der Waals surface area contributed by atoms with Crippen LogP contribution in [0.1, 0.15) is 12.8 Å². The SMILES string of the molecule is O=C1CCCSc2ccccc2N1C(=O)C(F)(F)F. The Morgan fingerprint density at radius 2 is 1.95 bits per heavy atom. The molecule has 7 heteroatoms. The van der Waals surface area contributed by atoms with Gasteiger partial charge < -0.3 is 0 Å². The van der Waals surface area contributed by atoms with Gasteiger partial charge in [0.2, 0.25) is 5.91 Å². The predicted octanol–water partition coefficient (Wildman–Crippen LogP) is 2.99. The number of alkyl halides is 3. The number of hydrogen-bond donors (Lipinski definition) is 0. The smallest absolute Gasteiger partial charge is 0.274 e. The van der Waals surface area contributed by atoms with Gasteiger partial charge in [-0.3, -0.25) is 9.59 Å². The molecule has 1 heterocycles. The van der Waals surface area contributed by atoms with Gasteiger partial charge >= 0.3 is 12.1 Å². The maximum absolute atomic E-state index is 12.6. The van der Waals surface area contributed by atoms with Crippen molar-refractivity contribution >= 4 is 29.3 Å². The van der Waals surface area contributed by atoms with Gasteiger partial charge in [-0.1, -0.05) is 12.1 Å². The van der Waals surface area contributed by atoms with Gasteiger partial charge in [-0.05, 0) is 24.3 Å². The molecule has 0 aromatic heterocycles. The lowest BCUT2D eigenvalue weighted by Crippen LogP contribution is -2.45. The zero-order valence-electron chi connectivity index (χ0n) is 9.74. The van der Waals surface area contributed by atoms with Gasteiger partial charge in [0.05, 0.1) is 5.69 Å². The molecule has 0 atom stereocenters. The highest BCUT2D eigenvalue weighted by atomic mass is 32.2. The third kappa shape index (κ3) is 2.91. The molecule has 0 aliphatic carbocycles. The van der Waals surface area contributed by atoms with Crippen molar-refractivity contribution in [3.8, 4) is 0 Å². The fraction of sp³-hybridized carbons (Fsp3) is 0.333. The number of carbonyl (C=O) groups excluding carboxylic acids is 2. The molecule has 0 saturated carbocycles. The second-order valence-electron chi connectivity index (χ2n) is 3.95. The summed E-state index contributed by atoms with van der Waals surface area (Å²) in [6.07, 6.45) is -4.69. The monoisotopic (exact) mass is 289 g/mol. The van der Waals surface area contributed by atoms with E-state index in [4.69, 9.17) is 0 Å². The molecule has 0 spiro atoms. The van der Waals surface area contributed by atoms with Crippen LogP contribution in [-0.4, -0.2) is 23.7 Å². The Bertz CT molecular complexity index is 516. The Balaban J connectivity index is 2.50. The molecule has 0 fully saturated rings. The summed E-state index contributed by atoms with van der Waals surface area (Å²) in [5, 5.41) is 0. The van der Waals surface area contributed by atoms with Gasteiger partial charge in [-0.15, -0.1) is 11.8 Å². The third-order valence-electron chi connectivity index (χ3n) is 2.59. The molecule has 1 aliphatic rings. The summed E-state index contributed by atoms with van der Waals surface area (Å²) in [5.74, 6) is -2.31. The second-order valence-corrected chi connectivity index (χ2v) is 5.09. The predicted molar refractivity (Wildman–Crippen MR) is 64.9 cm³/mol. The first-order chi connectivity index (χ1) is 8.91. The van der Waals surface area contributed by atoms with Crippen molar-refractivity contribution in [1.82, 2.24) is 0 Å². The summed E-state index contributed by atoms with van der Waals surface area (Å²) < 4.78 is 37.8. The molecule has 2 amide bonds.